The summed E-state index contributed by atoms with van der Waals surface area (Å²) in [6.07, 6.45) is 1.85. The highest BCUT2D eigenvalue weighted by Crippen LogP contribution is 2.45. The first-order valence-corrected chi connectivity index (χ1v) is 8.13. The van der Waals surface area contributed by atoms with Crippen LogP contribution in [0.2, 0.25) is 5.02 Å². The predicted molar refractivity (Wildman–Crippen MR) is 88.4 cm³/mol. The summed E-state index contributed by atoms with van der Waals surface area (Å²) in [4.78, 5) is 11.4. The van der Waals surface area contributed by atoms with Crippen LogP contribution in [0.5, 0.6) is 0 Å². The average molecular weight is 325 g/mol. The number of benzene rings is 1. The van der Waals surface area contributed by atoms with E-state index in [0.29, 0.717) is 5.02 Å². The second-order valence-electron chi connectivity index (χ2n) is 7.55. The Kier molecular flexibility index (Phi) is 4.88. The zero-order valence-electron chi connectivity index (χ0n) is 13.7. The first kappa shape index (κ1) is 17.3. The van der Waals surface area contributed by atoms with E-state index in [9.17, 15) is 9.90 Å². The predicted octanol–water partition coefficient (Wildman–Crippen LogP) is 4.88. The molecule has 1 aliphatic rings. The third-order valence-electron chi connectivity index (χ3n) is 4.32. The van der Waals surface area contributed by atoms with E-state index in [4.69, 9.17) is 16.3 Å². The second kappa shape index (κ2) is 6.21. The third kappa shape index (κ3) is 4.47. The molecule has 0 saturated carbocycles. The molecule has 0 amide bonds. The molecule has 1 fully saturated rings. The van der Waals surface area contributed by atoms with E-state index in [-0.39, 0.29) is 29.5 Å². The fourth-order valence-corrected chi connectivity index (χ4v) is 4.03. The molecule has 0 bridgehead atoms. The van der Waals surface area contributed by atoms with Crippen LogP contribution < -0.4 is 0 Å². The highest BCUT2D eigenvalue weighted by molar-refractivity contribution is 6.30. The van der Waals surface area contributed by atoms with Gasteiger partial charge in [0.25, 0.3) is 0 Å². The van der Waals surface area contributed by atoms with Crippen LogP contribution in [-0.4, -0.2) is 22.3 Å². The Morgan fingerprint density at radius 1 is 1.23 bits per heavy atom. The van der Waals surface area contributed by atoms with Crippen molar-refractivity contribution in [2.24, 2.45) is 5.92 Å². The van der Waals surface area contributed by atoms with Gasteiger partial charge in [-0.1, -0.05) is 23.7 Å². The molecule has 122 valence electrons. The molecule has 0 spiro atoms. The van der Waals surface area contributed by atoms with Gasteiger partial charge >= 0.3 is 5.97 Å². The Morgan fingerprint density at radius 2 is 1.73 bits per heavy atom. The van der Waals surface area contributed by atoms with E-state index < -0.39 is 5.97 Å². The Labute approximate surface area is 137 Å². The van der Waals surface area contributed by atoms with E-state index in [2.05, 4.69) is 27.7 Å². The molecule has 1 N–H and O–H groups in total. The lowest BCUT2D eigenvalue weighted by Crippen LogP contribution is -2.46. The zero-order chi connectivity index (χ0) is 16.5. The zero-order valence-corrected chi connectivity index (χ0v) is 14.5. The summed E-state index contributed by atoms with van der Waals surface area (Å²) in [5.74, 6) is -0.504. The van der Waals surface area contributed by atoms with Crippen LogP contribution in [0, 0.1) is 5.92 Å². The van der Waals surface area contributed by atoms with Crippen molar-refractivity contribution in [3.05, 3.63) is 34.9 Å². The smallest absolute Gasteiger partial charge is 0.303 e. The average Bonchev–Trinajstić information content (AvgIpc) is 2.33. The van der Waals surface area contributed by atoms with Gasteiger partial charge in [-0.3, -0.25) is 4.79 Å². The van der Waals surface area contributed by atoms with E-state index in [1.165, 1.54) is 0 Å². The maximum Gasteiger partial charge on any atom is 0.303 e. The number of carboxylic acids is 1. The molecule has 0 radical (unpaired) electrons. The van der Waals surface area contributed by atoms with Gasteiger partial charge in [-0.25, -0.2) is 0 Å². The van der Waals surface area contributed by atoms with Gasteiger partial charge in [0.1, 0.15) is 0 Å². The van der Waals surface area contributed by atoms with Crippen molar-refractivity contribution < 1.29 is 14.6 Å². The molecule has 1 aromatic rings. The van der Waals surface area contributed by atoms with Crippen molar-refractivity contribution in [3.8, 4) is 0 Å². The van der Waals surface area contributed by atoms with Crippen molar-refractivity contribution in [2.75, 3.05) is 0 Å². The molecule has 1 atom stereocenters. The number of hydrogen-bond acceptors (Lipinski definition) is 2. The van der Waals surface area contributed by atoms with Crippen molar-refractivity contribution >= 4 is 17.6 Å². The van der Waals surface area contributed by atoms with Gasteiger partial charge < -0.3 is 9.84 Å². The summed E-state index contributed by atoms with van der Waals surface area (Å²) >= 11 is 5.96. The normalized spacial score (nSPS) is 22.2. The number of ether oxygens (including phenoxy) is 1. The SMILES string of the molecule is CC1(C)CC(C(CC(=O)O)c2ccc(Cl)cc2)CC(C)(C)O1. The van der Waals surface area contributed by atoms with Crippen LogP contribution in [0.3, 0.4) is 0 Å². The van der Waals surface area contributed by atoms with Gasteiger partial charge in [0.05, 0.1) is 17.6 Å². The lowest BCUT2D eigenvalue weighted by atomic mass is 9.71. The van der Waals surface area contributed by atoms with Crippen molar-refractivity contribution in [2.45, 2.75) is 64.1 Å². The minimum Gasteiger partial charge on any atom is -0.481 e. The van der Waals surface area contributed by atoms with E-state index in [1.807, 2.05) is 24.3 Å². The van der Waals surface area contributed by atoms with Crippen LogP contribution in [0.15, 0.2) is 24.3 Å². The highest BCUT2D eigenvalue weighted by atomic mass is 35.5. The van der Waals surface area contributed by atoms with Crippen molar-refractivity contribution in [1.82, 2.24) is 0 Å². The number of halogens is 1. The summed E-state index contributed by atoms with van der Waals surface area (Å²) in [5.41, 5.74) is 0.566. The largest absolute Gasteiger partial charge is 0.481 e. The van der Waals surface area contributed by atoms with E-state index >= 15 is 0 Å². The number of rotatable bonds is 4. The van der Waals surface area contributed by atoms with Gasteiger partial charge in [0, 0.05) is 5.02 Å². The van der Waals surface area contributed by atoms with Crippen LogP contribution >= 0.6 is 11.6 Å². The van der Waals surface area contributed by atoms with Crippen LogP contribution in [0.1, 0.15) is 58.4 Å². The summed E-state index contributed by atoms with van der Waals surface area (Å²) in [5, 5.41) is 10.0. The quantitative estimate of drug-likeness (QED) is 0.858. The van der Waals surface area contributed by atoms with Gasteiger partial charge in [0.15, 0.2) is 0 Å². The summed E-state index contributed by atoms with van der Waals surface area (Å²) in [7, 11) is 0. The molecule has 1 aromatic carbocycles. The van der Waals surface area contributed by atoms with Gasteiger partial charge in [-0.15, -0.1) is 0 Å². The van der Waals surface area contributed by atoms with Crippen LogP contribution in [0.4, 0.5) is 0 Å². The molecule has 1 unspecified atom stereocenters. The number of carboxylic acid groups (broad SMARTS) is 1. The Bertz CT molecular complexity index is 518. The first-order valence-electron chi connectivity index (χ1n) is 7.75. The molecular formula is C18H25ClO3. The minimum atomic E-state index is -0.762. The summed E-state index contributed by atoms with van der Waals surface area (Å²) in [6.45, 7) is 8.34. The maximum absolute atomic E-state index is 11.4. The molecule has 22 heavy (non-hydrogen) atoms. The first-order chi connectivity index (χ1) is 10.1. The summed E-state index contributed by atoms with van der Waals surface area (Å²) in [6, 6.07) is 7.57. The van der Waals surface area contributed by atoms with Gasteiger partial charge in [-0.2, -0.15) is 0 Å². The molecular weight excluding hydrogens is 300 g/mol. The lowest BCUT2D eigenvalue weighted by Gasteiger charge is -2.47. The van der Waals surface area contributed by atoms with E-state index in [0.717, 1.165) is 18.4 Å². The monoisotopic (exact) mass is 324 g/mol. The molecule has 1 heterocycles. The van der Waals surface area contributed by atoms with Gasteiger partial charge in [-0.05, 0) is 70.1 Å². The minimum absolute atomic E-state index is 0.0165. The maximum atomic E-state index is 11.4. The van der Waals surface area contributed by atoms with Crippen LogP contribution in [-0.2, 0) is 9.53 Å². The standard InChI is InChI=1S/C18H25ClO3/c1-17(2)10-13(11-18(3,4)22-17)15(9-16(20)21)12-5-7-14(19)8-6-12/h5-8,13,15H,9-11H2,1-4H3,(H,20,21). The Balaban J connectivity index is 2.32. The molecule has 2 rings (SSSR count). The molecule has 1 aliphatic heterocycles. The van der Waals surface area contributed by atoms with Crippen molar-refractivity contribution in [3.63, 3.8) is 0 Å². The fraction of sp³-hybridized carbons (Fsp3) is 0.611. The highest BCUT2D eigenvalue weighted by Gasteiger charge is 2.42. The topological polar surface area (TPSA) is 46.5 Å². The van der Waals surface area contributed by atoms with Crippen molar-refractivity contribution in [1.29, 1.82) is 0 Å². The van der Waals surface area contributed by atoms with Crippen LogP contribution in [0.25, 0.3) is 0 Å². The second-order valence-corrected chi connectivity index (χ2v) is 7.98. The fourth-order valence-electron chi connectivity index (χ4n) is 3.91. The molecule has 3 nitrogen and oxygen atoms in total. The number of hydrogen-bond donors (Lipinski definition) is 1. The Morgan fingerprint density at radius 3 is 2.18 bits per heavy atom. The molecule has 0 aliphatic carbocycles. The summed E-state index contributed by atoms with van der Waals surface area (Å²) < 4.78 is 6.13. The Hall–Kier alpha value is -1.06. The van der Waals surface area contributed by atoms with Gasteiger partial charge in [0.2, 0.25) is 0 Å². The number of aliphatic carboxylic acids is 1. The molecule has 0 aromatic heterocycles. The molecule has 4 heteroatoms. The third-order valence-corrected chi connectivity index (χ3v) is 4.57. The van der Waals surface area contributed by atoms with E-state index in [1.54, 1.807) is 0 Å². The lowest BCUT2D eigenvalue weighted by molar-refractivity contribution is -0.176. The number of carbonyl (C=O) groups is 1. The molecule has 1 saturated heterocycles.